The summed E-state index contributed by atoms with van der Waals surface area (Å²) >= 11 is 13.8. The van der Waals surface area contributed by atoms with Crippen molar-refractivity contribution in [1.82, 2.24) is 4.90 Å². The van der Waals surface area contributed by atoms with Crippen LogP contribution in [0.1, 0.15) is 16.9 Å². The minimum atomic E-state index is -0.0959. The first-order valence-electron chi connectivity index (χ1n) is 8.69. The number of nitrogens with zero attached hydrogens (tertiary/aromatic N) is 2. The van der Waals surface area contributed by atoms with Gasteiger partial charge in [0.25, 0.3) is 0 Å². The highest BCUT2D eigenvalue weighted by molar-refractivity contribution is 8.03. The molecule has 3 aromatic rings. The van der Waals surface area contributed by atoms with Gasteiger partial charge in [-0.25, -0.2) is 4.99 Å². The Balaban J connectivity index is 1.59. The van der Waals surface area contributed by atoms with E-state index in [9.17, 15) is 0 Å². The maximum Gasteiger partial charge on any atom is 0.178 e. The highest BCUT2D eigenvalue weighted by atomic mass is 35.5. The summed E-state index contributed by atoms with van der Waals surface area (Å²) in [6, 6.07) is 19.4. The summed E-state index contributed by atoms with van der Waals surface area (Å²) in [5.41, 5.74) is 4.97. The maximum atomic E-state index is 6.07. The van der Waals surface area contributed by atoms with Crippen LogP contribution in [-0.4, -0.2) is 16.1 Å². The van der Waals surface area contributed by atoms with E-state index in [4.69, 9.17) is 32.6 Å². The summed E-state index contributed by atoms with van der Waals surface area (Å²) in [4.78, 5) is 7.16. The van der Waals surface area contributed by atoms with E-state index in [2.05, 4.69) is 16.4 Å². The first kappa shape index (κ1) is 17.7. The molecular formula is C22H14Cl2N2OS. The third kappa shape index (κ3) is 3.18. The molecule has 3 heterocycles. The number of aliphatic imine (C=N–C) groups is 1. The molecule has 2 aromatic carbocycles. The number of halogens is 2. The topological polar surface area (TPSA) is 28.7 Å². The molecule has 0 radical (unpaired) electrons. The second-order valence-corrected chi connectivity index (χ2v) is 8.17. The monoisotopic (exact) mass is 424 g/mol. The normalized spacial score (nSPS) is 18.4. The molecular weight excluding hydrogens is 411 g/mol. The zero-order valence-corrected chi connectivity index (χ0v) is 16.9. The Kier molecular flexibility index (Phi) is 4.55. The van der Waals surface area contributed by atoms with E-state index in [1.807, 2.05) is 60.7 Å². The molecule has 0 aliphatic carbocycles. The number of rotatable bonds is 3. The standard InChI is InChI=1S/C22H14Cl2N2OS/c23-16-7-3-14(4-8-16)18-12-19(21-2-1-11-27-21)26-20(13-28-22(26)25-18)15-5-9-17(24)10-6-15/h1-13,22H. The molecule has 3 nitrogen and oxygen atoms in total. The minimum Gasteiger partial charge on any atom is -0.463 e. The average Bonchev–Trinajstić information content (AvgIpc) is 3.39. The summed E-state index contributed by atoms with van der Waals surface area (Å²) in [5.74, 6) is 0.800. The molecule has 1 unspecified atom stereocenters. The number of allylic oxidation sites excluding steroid dienone is 1. The van der Waals surface area contributed by atoms with Gasteiger partial charge in [0, 0.05) is 10.0 Å². The molecule has 6 heteroatoms. The molecule has 0 saturated heterocycles. The van der Waals surface area contributed by atoms with Gasteiger partial charge in [0.15, 0.2) is 5.50 Å². The van der Waals surface area contributed by atoms with Crippen LogP contribution in [0.15, 0.2) is 87.8 Å². The largest absolute Gasteiger partial charge is 0.463 e. The van der Waals surface area contributed by atoms with E-state index in [-0.39, 0.29) is 5.50 Å². The summed E-state index contributed by atoms with van der Waals surface area (Å²) in [7, 11) is 0. The summed E-state index contributed by atoms with van der Waals surface area (Å²) in [5, 5.41) is 3.56. The van der Waals surface area contributed by atoms with Crippen molar-refractivity contribution in [3.05, 3.63) is 105 Å². The lowest BCUT2D eigenvalue weighted by Gasteiger charge is -2.32. The molecule has 0 amide bonds. The van der Waals surface area contributed by atoms with Gasteiger partial charge in [-0.2, -0.15) is 0 Å². The van der Waals surface area contributed by atoms with Gasteiger partial charge in [-0.1, -0.05) is 59.2 Å². The lowest BCUT2D eigenvalue weighted by Crippen LogP contribution is -2.30. The molecule has 1 aromatic heterocycles. The van der Waals surface area contributed by atoms with Gasteiger partial charge in [0.1, 0.15) is 5.76 Å². The van der Waals surface area contributed by atoms with Gasteiger partial charge < -0.3 is 9.32 Å². The van der Waals surface area contributed by atoms with Crippen molar-refractivity contribution in [1.29, 1.82) is 0 Å². The molecule has 0 saturated carbocycles. The van der Waals surface area contributed by atoms with E-state index in [0.29, 0.717) is 5.02 Å². The highest BCUT2D eigenvalue weighted by Gasteiger charge is 2.35. The van der Waals surface area contributed by atoms with E-state index >= 15 is 0 Å². The van der Waals surface area contributed by atoms with Gasteiger partial charge >= 0.3 is 0 Å². The molecule has 5 rings (SSSR count). The smallest absolute Gasteiger partial charge is 0.178 e. The van der Waals surface area contributed by atoms with Crippen molar-refractivity contribution in [3.8, 4) is 0 Å². The molecule has 1 atom stereocenters. The molecule has 138 valence electrons. The van der Waals surface area contributed by atoms with Gasteiger partial charge in [-0.3, -0.25) is 0 Å². The van der Waals surface area contributed by atoms with Gasteiger partial charge in [0.2, 0.25) is 0 Å². The van der Waals surface area contributed by atoms with E-state index in [1.54, 1.807) is 18.0 Å². The number of benzene rings is 2. The Hall–Kier alpha value is -2.40. The minimum absolute atomic E-state index is 0.0959. The van der Waals surface area contributed by atoms with E-state index in [0.717, 1.165) is 39.0 Å². The fourth-order valence-corrected chi connectivity index (χ4v) is 4.55. The molecule has 0 N–H and O–H groups in total. The SMILES string of the molecule is Clc1ccc(C2=CSC3N=C(c4ccc(Cl)cc4)C=C(c4ccco4)N23)cc1. The molecule has 0 fully saturated rings. The third-order valence-electron chi connectivity index (χ3n) is 4.62. The number of hydrogen-bond acceptors (Lipinski definition) is 4. The molecule has 2 aliphatic rings. The van der Waals surface area contributed by atoms with Crippen LogP contribution in [0.25, 0.3) is 11.4 Å². The van der Waals surface area contributed by atoms with Crippen LogP contribution >= 0.6 is 35.0 Å². The predicted octanol–water partition coefficient (Wildman–Crippen LogP) is 6.76. The first-order valence-corrected chi connectivity index (χ1v) is 10.4. The third-order valence-corrected chi connectivity index (χ3v) is 6.04. The second-order valence-electron chi connectivity index (χ2n) is 6.37. The zero-order chi connectivity index (χ0) is 19.1. The Morgan fingerprint density at radius 3 is 2.18 bits per heavy atom. The molecule has 28 heavy (non-hydrogen) atoms. The van der Waals surface area contributed by atoms with Crippen LogP contribution in [0.5, 0.6) is 0 Å². The van der Waals surface area contributed by atoms with Crippen LogP contribution < -0.4 is 0 Å². The molecule has 0 bridgehead atoms. The van der Waals surface area contributed by atoms with Crippen LogP contribution in [0, 0.1) is 0 Å². The lowest BCUT2D eigenvalue weighted by atomic mass is 10.1. The fraction of sp³-hybridized carbons (Fsp3) is 0.0455. The highest BCUT2D eigenvalue weighted by Crippen LogP contribution is 2.45. The molecule has 0 spiro atoms. The Bertz CT molecular complexity index is 1100. The van der Waals surface area contributed by atoms with Crippen LogP contribution in [-0.2, 0) is 0 Å². The van der Waals surface area contributed by atoms with Crippen molar-refractivity contribution in [2.24, 2.45) is 4.99 Å². The van der Waals surface area contributed by atoms with Gasteiger partial charge in [-0.15, -0.1) is 0 Å². The van der Waals surface area contributed by atoms with Gasteiger partial charge in [0.05, 0.1) is 23.4 Å². The van der Waals surface area contributed by atoms with Gasteiger partial charge in [-0.05, 0) is 59.0 Å². The number of thioether (sulfide) groups is 1. The quantitative estimate of drug-likeness (QED) is 0.464. The van der Waals surface area contributed by atoms with E-state index < -0.39 is 0 Å². The first-order chi connectivity index (χ1) is 13.7. The van der Waals surface area contributed by atoms with Crippen molar-refractivity contribution in [2.75, 3.05) is 0 Å². The Labute approximate surface area is 177 Å². The fourth-order valence-electron chi connectivity index (χ4n) is 3.27. The number of fused-ring (bicyclic) bond motifs is 1. The van der Waals surface area contributed by atoms with Crippen LogP contribution in [0.4, 0.5) is 0 Å². The predicted molar refractivity (Wildman–Crippen MR) is 117 cm³/mol. The Morgan fingerprint density at radius 2 is 1.54 bits per heavy atom. The second kappa shape index (κ2) is 7.21. The molecule has 2 aliphatic heterocycles. The number of hydrogen-bond donors (Lipinski definition) is 0. The maximum absolute atomic E-state index is 6.07. The summed E-state index contributed by atoms with van der Waals surface area (Å²) in [6.07, 6.45) is 3.75. The van der Waals surface area contributed by atoms with Crippen LogP contribution in [0.2, 0.25) is 10.0 Å². The van der Waals surface area contributed by atoms with Crippen molar-refractivity contribution >= 4 is 52.1 Å². The lowest BCUT2D eigenvalue weighted by molar-refractivity contribution is 0.488. The zero-order valence-electron chi connectivity index (χ0n) is 14.5. The van der Waals surface area contributed by atoms with Crippen LogP contribution in [0.3, 0.4) is 0 Å². The number of furan rings is 1. The average molecular weight is 425 g/mol. The van der Waals surface area contributed by atoms with Crippen molar-refractivity contribution < 1.29 is 4.42 Å². The Morgan fingerprint density at radius 1 is 0.857 bits per heavy atom. The summed E-state index contributed by atoms with van der Waals surface area (Å²) < 4.78 is 5.74. The summed E-state index contributed by atoms with van der Waals surface area (Å²) in [6.45, 7) is 0. The van der Waals surface area contributed by atoms with E-state index in [1.165, 1.54) is 0 Å². The van der Waals surface area contributed by atoms with Crippen molar-refractivity contribution in [2.45, 2.75) is 5.50 Å². The van der Waals surface area contributed by atoms with Crippen molar-refractivity contribution in [3.63, 3.8) is 0 Å².